The van der Waals surface area contributed by atoms with E-state index >= 15 is 0 Å². The van der Waals surface area contributed by atoms with Crippen LogP contribution in [0.25, 0.3) is 0 Å². The van der Waals surface area contributed by atoms with Crippen LogP contribution in [-0.2, 0) is 0 Å². The molecule has 0 fully saturated rings. The van der Waals surface area contributed by atoms with Crippen molar-refractivity contribution in [3.63, 3.8) is 0 Å². The second kappa shape index (κ2) is 10.7. The summed E-state index contributed by atoms with van der Waals surface area (Å²) >= 11 is 11.8. The summed E-state index contributed by atoms with van der Waals surface area (Å²) in [5, 5.41) is 4.57. The highest BCUT2D eigenvalue weighted by Crippen LogP contribution is 2.28. The summed E-state index contributed by atoms with van der Waals surface area (Å²) in [6.45, 7) is 0. The Morgan fingerprint density at radius 2 is 1.62 bits per heavy atom. The van der Waals surface area contributed by atoms with Crippen molar-refractivity contribution in [3.8, 4) is 17.2 Å². The van der Waals surface area contributed by atoms with Gasteiger partial charge in [-0.05, 0) is 66.2 Å². The summed E-state index contributed by atoms with van der Waals surface area (Å²) in [5.74, 6) is 0.273. The van der Waals surface area contributed by atoms with Gasteiger partial charge in [-0.1, -0.05) is 23.2 Å². The van der Waals surface area contributed by atoms with E-state index in [1.54, 1.807) is 42.5 Å². The number of carbonyl (C=O) groups is 2. The highest BCUT2D eigenvalue weighted by atomic mass is 35.5. The molecule has 0 saturated carbocycles. The lowest BCUT2D eigenvalue weighted by molar-refractivity contribution is 0.0734. The van der Waals surface area contributed by atoms with Crippen LogP contribution in [-0.4, -0.2) is 32.3 Å². The van der Waals surface area contributed by atoms with Gasteiger partial charge in [0, 0.05) is 5.02 Å². The lowest BCUT2D eigenvalue weighted by Crippen LogP contribution is -2.18. The van der Waals surface area contributed by atoms with Crippen molar-refractivity contribution in [2.24, 2.45) is 5.10 Å². The van der Waals surface area contributed by atoms with Gasteiger partial charge in [0.2, 0.25) is 0 Å². The minimum Gasteiger partial charge on any atom is -0.493 e. The molecule has 164 valence electrons. The molecule has 7 nitrogen and oxygen atoms in total. The van der Waals surface area contributed by atoms with E-state index in [0.29, 0.717) is 33.4 Å². The first-order chi connectivity index (χ1) is 15.4. The normalized spacial score (nSPS) is 10.6. The Balaban J connectivity index is 1.60. The maximum Gasteiger partial charge on any atom is 0.343 e. The number of hydrogen-bond donors (Lipinski definition) is 1. The molecule has 0 saturated heterocycles. The molecule has 0 aliphatic carbocycles. The molecule has 0 radical (unpaired) electrons. The summed E-state index contributed by atoms with van der Waals surface area (Å²) in [7, 11) is 3.00. The predicted molar refractivity (Wildman–Crippen MR) is 122 cm³/mol. The zero-order valence-corrected chi connectivity index (χ0v) is 18.6. The number of benzene rings is 3. The van der Waals surface area contributed by atoms with E-state index in [4.69, 9.17) is 37.4 Å². The first kappa shape index (κ1) is 23.1. The second-order valence-corrected chi connectivity index (χ2v) is 7.20. The number of nitrogens with one attached hydrogen (secondary N) is 1. The molecule has 0 aliphatic rings. The summed E-state index contributed by atoms with van der Waals surface area (Å²) in [5.41, 5.74) is 3.64. The number of methoxy groups -OCH3 is 2. The Morgan fingerprint density at radius 1 is 0.906 bits per heavy atom. The van der Waals surface area contributed by atoms with Crippen LogP contribution < -0.4 is 19.6 Å². The molecule has 9 heteroatoms. The number of nitrogens with zero attached hydrogens (tertiary/aromatic N) is 1. The van der Waals surface area contributed by atoms with Crippen molar-refractivity contribution in [1.29, 1.82) is 0 Å². The van der Waals surface area contributed by atoms with E-state index in [1.807, 2.05) is 0 Å². The van der Waals surface area contributed by atoms with Crippen molar-refractivity contribution in [1.82, 2.24) is 5.43 Å². The molecule has 3 aromatic rings. The first-order valence-electron chi connectivity index (χ1n) is 9.24. The van der Waals surface area contributed by atoms with Crippen LogP contribution in [0.15, 0.2) is 65.8 Å². The third kappa shape index (κ3) is 5.78. The van der Waals surface area contributed by atoms with Crippen LogP contribution >= 0.6 is 23.2 Å². The number of carbonyl (C=O) groups excluding carboxylic acids is 2. The molecular weight excluding hydrogens is 455 g/mol. The van der Waals surface area contributed by atoms with Crippen LogP contribution in [0.5, 0.6) is 17.2 Å². The molecule has 0 heterocycles. The molecular formula is C23H18Cl2N2O5. The smallest absolute Gasteiger partial charge is 0.343 e. The Kier molecular flexibility index (Phi) is 7.70. The van der Waals surface area contributed by atoms with Gasteiger partial charge in [0.1, 0.15) is 5.75 Å². The average Bonchev–Trinajstić information content (AvgIpc) is 2.79. The van der Waals surface area contributed by atoms with Crippen LogP contribution in [0.2, 0.25) is 10.0 Å². The first-order valence-corrected chi connectivity index (χ1v) is 9.99. The van der Waals surface area contributed by atoms with Crippen LogP contribution in [0.3, 0.4) is 0 Å². The molecule has 0 aromatic heterocycles. The minimum absolute atomic E-state index is 0.228. The van der Waals surface area contributed by atoms with Gasteiger partial charge < -0.3 is 14.2 Å². The topological polar surface area (TPSA) is 86.2 Å². The Labute approximate surface area is 194 Å². The number of halogens is 2. The number of rotatable bonds is 7. The number of esters is 1. The van der Waals surface area contributed by atoms with Crippen LogP contribution in [0.1, 0.15) is 26.3 Å². The van der Waals surface area contributed by atoms with E-state index in [1.165, 1.54) is 38.6 Å². The number of amides is 1. The van der Waals surface area contributed by atoms with Gasteiger partial charge in [-0.15, -0.1) is 0 Å². The fraction of sp³-hybridized carbons (Fsp3) is 0.0870. The van der Waals surface area contributed by atoms with Gasteiger partial charge in [0.15, 0.2) is 11.5 Å². The quantitative estimate of drug-likeness (QED) is 0.226. The molecule has 1 N–H and O–H groups in total. The number of ether oxygens (including phenoxy) is 3. The second-order valence-electron chi connectivity index (χ2n) is 6.35. The summed E-state index contributed by atoms with van der Waals surface area (Å²) < 4.78 is 15.7. The van der Waals surface area contributed by atoms with Crippen molar-refractivity contribution >= 4 is 41.3 Å². The standard InChI is InChI=1S/C23H18Cl2N2O5/c1-30-20-10-5-15(11-21(20)31-2)23(29)32-17-7-3-14(4-8-17)13-26-27-22(28)18-9-6-16(24)12-19(18)25/h3-13H,1-2H3,(H,27,28)/b26-13+. The molecule has 1 amide bonds. The van der Waals surface area contributed by atoms with E-state index in [0.717, 1.165) is 0 Å². The highest BCUT2D eigenvalue weighted by molar-refractivity contribution is 6.36. The maximum absolute atomic E-state index is 12.4. The monoisotopic (exact) mass is 472 g/mol. The third-order valence-corrected chi connectivity index (χ3v) is 4.81. The molecule has 3 aromatic carbocycles. The molecule has 0 aliphatic heterocycles. The van der Waals surface area contributed by atoms with E-state index in [-0.39, 0.29) is 10.6 Å². The Hall–Kier alpha value is -3.55. The zero-order chi connectivity index (χ0) is 23.1. The van der Waals surface area contributed by atoms with Crippen molar-refractivity contribution in [3.05, 3.63) is 87.4 Å². The van der Waals surface area contributed by atoms with Crippen LogP contribution in [0.4, 0.5) is 0 Å². The summed E-state index contributed by atoms with van der Waals surface area (Å²) in [6.07, 6.45) is 1.45. The molecule has 32 heavy (non-hydrogen) atoms. The maximum atomic E-state index is 12.4. The van der Waals surface area contributed by atoms with Gasteiger partial charge in [-0.2, -0.15) is 5.10 Å². The Morgan fingerprint density at radius 3 is 2.28 bits per heavy atom. The lowest BCUT2D eigenvalue weighted by atomic mass is 10.2. The highest BCUT2D eigenvalue weighted by Gasteiger charge is 2.13. The predicted octanol–water partition coefficient (Wildman–Crippen LogP) is 4.99. The van der Waals surface area contributed by atoms with Crippen molar-refractivity contribution in [2.45, 2.75) is 0 Å². The minimum atomic E-state index is -0.542. The van der Waals surface area contributed by atoms with Gasteiger partial charge in [0.05, 0.1) is 36.6 Å². The molecule has 0 spiro atoms. The number of hydrogen-bond acceptors (Lipinski definition) is 6. The van der Waals surface area contributed by atoms with Crippen molar-refractivity contribution < 1.29 is 23.8 Å². The molecule has 0 bridgehead atoms. The number of hydrazone groups is 1. The van der Waals surface area contributed by atoms with E-state index in [2.05, 4.69) is 10.5 Å². The van der Waals surface area contributed by atoms with Gasteiger partial charge in [0.25, 0.3) is 5.91 Å². The van der Waals surface area contributed by atoms with Gasteiger partial charge in [-0.25, -0.2) is 10.2 Å². The molecule has 0 unspecified atom stereocenters. The largest absolute Gasteiger partial charge is 0.493 e. The van der Waals surface area contributed by atoms with Crippen LogP contribution in [0, 0.1) is 0 Å². The van der Waals surface area contributed by atoms with E-state index < -0.39 is 11.9 Å². The third-order valence-electron chi connectivity index (χ3n) is 4.27. The van der Waals surface area contributed by atoms with Crippen molar-refractivity contribution in [2.75, 3.05) is 14.2 Å². The SMILES string of the molecule is COc1ccc(C(=O)Oc2ccc(/C=N/NC(=O)c3ccc(Cl)cc3Cl)cc2)cc1OC. The summed E-state index contributed by atoms with van der Waals surface area (Å²) in [4.78, 5) is 24.5. The van der Waals surface area contributed by atoms with E-state index in [9.17, 15) is 9.59 Å². The summed E-state index contributed by atoms with van der Waals surface area (Å²) in [6, 6.07) is 15.9. The molecule has 0 atom stereocenters. The van der Waals surface area contributed by atoms with Gasteiger partial charge in [-0.3, -0.25) is 4.79 Å². The Bertz CT molecular complexity index is 1160. The zero-order valence-electron chi connectivity index (χ0n) is 17.1. The average molecular weight is 473 g/mol. The fourth-order valence-electron chi connectivity index (χ4n) is 2.65. The van der Waals surface area contributed by atoms with Gasteiger partial charge >= 0.3 is 5.97 Å². The fourth-order valence-corrected chi connectivity index (χ4v) is 3.14. The lowest BCUT2D eigenvalue weighted by Gasteiger charge is -2.09. The molecule has 3 rings (SSSR count).